The van der Waals surface area contributed by atoms with Gasteiger partial charge in [0.1, 0.15) is 22.9 Å². The van der Waals surface area contributed by atoms with E-state index in [2.05, 4.69) is 25.4 Å². The van der Waals surface area contributed by atoms with Crippen LogP contribution in [0.25, 0.3) is 33.5 Å². The highest BCUT2D eigenvalue weighted by atomic mass is 35.5. The lowest BCUT2D eigenvalue weighted by Crippen LogP contribution is -2.62. The van der Waals surface area contributed by atoms with Crippen molar-refractivity contribution < 1.29 is 18.4 Å². The van der Waals surface area contributed by atoms with Crippen molar-refractivity contribution in [3.05, 3.63) is 41.2 Å². The Balaban J connectivity index is 1.43. The number of nitrogens with one attached hydrogen (secondary N) is 2. The lowest BCUT2D eigenvalue weighted by atomic mass is 10.1. The molecular weight excluding hydrogens is 456 g/mol. The molecule has 0 radical (unpaired) electrons. The van der Waals surface area contributed by atoms with E-state index in [1.165, 1.54) is 13.1 Å². The highest BCUT2D eigenvalue weighted by Gasteiger charge is 2.47. The monoisotopic (exact) mass is 473 g/mol. The number of halogens is 3. The molecule has 2 amide bonds. The molecule has 33 heavy (non-hydrogen) atoms. The molecule has 4 aromatic rings. The highest BCUT2D eigenvalue weighted by molar-refractivity contribution is 6.31. The topological polar surface area (TPSA) is 109 Å². The summed E-state index contributed by atoms with van der Waals surface area (Å²) in [5.74, 6) is -4.01. The van der Waals surface area contributed by atoms with E-state index in [1.807, 2.05) is 6.07 Å². The summed E-state index contributed by atoms with van der Waals surface area (Å²) in [4.78, 5) is 38.0. The van der Waals surface area contributed by atoms with Crippen LogP contribution in [0.5, 0.6) is 0 Å². The average Bonchev–Trinajstić information content (AvgIpc) is 3.32. The molecule has 170 valence electrons. The van der Waals surface area contributed by atoms with Gasteiger partial charge in [-0.3, -0.25) is 14.3 Å². The van der Waals surface area contributed by atoms with E-state index >= 15 is 0 Å². The number of aromatic nitrogens is 5. The Morgan fingerprint density at radius 2 is 2.06 bits per heavy atom. The number of carbonyl (C=O) groups is 2. The van der Waals surface area contributed by atoms with Gasteiger partial charge in [-0.2, -0.15) is 5.10 Å². The number of amides is 2. The van der Waals surface area contributed by atoms with Gasteiger partial charge in [0.2, 0.25) is 5.91 Å². The molecule has 0 spiro atoms. The number of carbonyl (C=O) groups excluding carboxylic acids is 2. The molecule has 1 saturated heterocycles. The van der Waals surface area contributed by atoms with E-state index in [1.54, 1.807) is 30.1 Å². The fraction of sp³-hybridized carbons (Fsp3) is 0.286. The van der Waals surface area contributed by atoms with Crippen LogP contribution in [0.3, 0.4) is 0 Å². The zero-order valence-electron chi connectivity index (χ0n) is 17.6. The maximum atomic E-state index is 13.1. The van der Waals surface area contributed by atoms with Crippen LogP contribution < -0.4 is 5.32 Å². The van der Waals surface area contributed by atoms with Crippen LogP contribution in [-0.4, -0.2) is 66.5 Å². The summed E-state index contributed by atoms with van der Waals surface area (Å²) in [6.45, 7) is 0.169. The summed E-state index contributed by atoms with van der Waals surface area (Å²) < 4.78 is 27.8. The van der Waals surface area contributed by atoms with Gasteiger partial charge in [0.15, 0.2) is 5.65 Å². The second kappa shape index (κ2) is 7.48. The second-order valence-electron chi connectivity index (χ2n) is 8.03. The highest BCUT2D eigenvalue weighted by Crippen LogP contribution is 2.30. The second-order valence-corrected chi connectivity index (χ2v) is 8.47. The molecule has 0 unspecified atom stereocenters. The van der Waals surface area contributed by atoms with Gasteiger partial charge in [-0.25, -0.2) is 18.7 Å². The van der Waals surface area contributed by atoms with Gasteiger partial charge in [0, 0.05) is 23.7 Å². The lowest BCUT2D eigenvalue weighted by molar-refractivity contribution is -0.167. The van der Waals surface area contributed by atoms with Crippen molar-refractivity contribution in [1.82, 2.24) is 34.9 Å². The van der Waals surface area contributed by atoms with Crippen LogP contribution in [0.4, 0.5) is 8.78 Å². The largest absolute Gasteiger partial charge is 0.344 e. The average molecular weight is 474 g/mol. The summed E-state index contributed by atoms with van der Waals surface area (Å²) >= 11 is 6.09. The molecule has 0 bridgehead atoms. The number of benzene rings is 1. The van der Waals surface area contributed by atoms with Gasteiger partial charge in [-0.05, 0) is 25.1 Å². The summed E-state index contributed by atoms with van der Waals surface area (Å²) in [7, 11) is 1.79. The third kappa shape index (κ3) is 3.67. The summed E-state index contributed by atoms with van der Waals surface area (Å²) in [6.07, 6.45) is 2.99. The zero-order valence-corrected chi connectivity index (χ0v) is 18.3. The van der Waals surface area contributed by atoms with Gasteiger partial charge in [-0.1, -0.05) is 11.6 Å². The normalized spacial score (nSPS) is 16.1. The van der Waals surface area contributed by atoms with Crippen molar-refractivity contribution >= 4 is 45.5 Å². The number of H-pyrrole nitrogens is 1. The van der Waals surface area contributed by atoms with Crippen molar-refractivity contribution in [2.45, 2.75) is 18.9 Å². The summed E-state index contributed by atoms with van der Waals surface area (Å²) in [6, 6.07) is 4.41. The van der Waals surface area contributed by atoms with Gasteiger partial charge in [0.05, 0.1) is 30.4 Å². The number of hydrogen-bond acceptors (Lipinski definition) is 5. The molecule has 9 nitrogen and oxygen atoms in total. The number of hydrogen-bond donors (Lipinski definition) is 2. The first-order chi connectivity index (χ1) is 15.6. The van der Waals surface area contributed by atoms with Crippen molar-refractivity contribution in [1.29, 1.82) is 0 Å². The molecule has 12 heteroatoms. The van der Waals surface area contributed by atoms with Crippen LogP contribution in [0.2, 0.25) is 5.02 Å². The van der Waals surface area contributed by atoms with E-state index in [0.717, 1.165) is 15.8 Å². The van der Waals surface area contributed by atoms with Gasteiger partial charge < -0.3 is 15.2 Å². The molecule has 1 fully saturated rings. The van der Waals surface area contributed by atoms with E-state index in [-0.39, 0.29) is 5.56 Å². The molecule has 2 N–H and O–H groups in total. The molecule has 5 rings (SSSR count). The van der Waals surface area contributed by atoms with Crippen LogP contribution in [0, 0.1) is 0 Å². The number of fused-ring (bicyclic) bond motifs is 2. The van der Waals surface area contributed by atoms with Crippen LogP contribution in [0.1, 0.15) is 17.3 Å². The first kappa shape index (κ1) is 21.3. The Morgan fingerprint density at radius 1 is 1.30 bits per heavy atom. The molecular formula is C21H18ClF2N7O2. The number of aromatic amines is 1. The molecule has 1 aliphatic heterocycles. The number of likely N-dealkylation sites (tertiary alicyclic amines) is 1. The summed E-state index contributed by atoms with van der Waals surface area (Å²) in [5.41, 5.74) is 2.71. The number of nitrogens with zero attached hydrogens (tertiary/aromatic N) is 5. The van der Waals surface area contributed by atoms with E-state index in [4.69, 9.17) is 11.6 Å². The van der Waals surface area contributed by atoms with Crippen molar-refractivity contribution in [2.24, 2.45) is 7.05 Å². The maximum absolute atomic E-state index is 13.1. The minimum atomic E-state index is -2.87. The van der Waals surface area contributed by atoms with Crippen molar-refractivity contribution in [3.8, 4) is 11.4 Å². The Morgan fingerprint density at radius 3 is 2.79 bits per heavy atom. The van der Waals surface area contributed by atoms with E-state index in [0.29, 0.717) is 27.6 Å². The standard InChI is InChI=1S/C21H18ClF2N7O2/c1-10(20(33)31-8-21(23,24)9-31)27-19(32)13-6-25-18-17(13)28-14(7-26-18)16-12-4-3-11(22)5-15(12)30(2)29-16/h3-7,10H,8-9H2,1-2H3,(H,25,26)(H,27,32)/t10-/m1/s1. The molecule has 0 saturated carbocycles. The molecule has 4 heterocycles. The quantitative estimate of drug-likeness (QED) is 0.474. The third-order valence-electron chi connectivity index (χ3n) is 5.56. The zero-order chi connectivity index (χ0) is 23.5. The number of rotatable bonds is 4. The Bertz CT molecular complexity index is 1420. The molecule has 1 aromatic carbocycles. The number of aryl methyl sites for hydroxylation is 1. The predicted octanol–water partition coefficient (Wildman–Crippen LogP) is 2.76. The minimum Gasteiger partial charge on any atom is -0.344 e. The van der Waals surface area contributed by atoms with Gasteiger partial charge in [0.25, 0.3) is 11.8 Å². The molecule has 1 aliphatic rings. The molecule has 3 aromatic heterocycles. The van der Waals surface area contributed by atoms with Crippen LogP contribution >= 0.6 is 11.6 Å². The number of alkyl halides is 2. The molecule has 0 aliphatic carbocycles. The first-order valence-corrected chi connectivity index (χ1v) is 10.4. The van der Waals surface area contributed by atoms with Crippen LogP contribution in [-0.2, 0) is 11.8 Å². The third-order valence-corrected chi connectivity index (χ3v) is 5.79. The predicted molar refractivity (Wildman–Crippen MR) is 117 cm³/mol. The maximum Gasteiger partial charge on any atom is 0.282 e. The van der Waals surface area contributed by atoms with Gasteiger partial charge >= 0.3 is 0 Å². The Kier molecular flexibility index (Phi) is 4.82. The van der Waals surface area contributed by atoms with Gasteiger partial charge in [-0.15, -0.1) is 0 Å². The van der Waals surface area contributed by atoms with Crippen molar-refractivity contribution in [3.63, 3.8) is 0 Å². The Labute approximate surface area is 190 Å². The fourth-order valence-electron chi connectivity index (χ4n) is 3.88. The SMILES string of the molecule is C[C@@H](NC(=O)c1c[nH]c2ncc(-c3nn(C)c4cc(Cl)ccc34)nc12)C(=O)N1CC(F)(F)C1. The van der Waals surface area contributed by atoms with E-state index in [9.17, 15) is 18.4 Å². The fourth-order valence-corrected chi connectivity index (χ4v) is 4.04. The molecule has 1 atom stereocenters. The van der Waals surface area contributed by atoms with Crippen molar-refractivity contribution in [2.75, 3.05) is 13.1 Å². The van der Waals surface area contributed by atoms with E-state index < -0.39 is 36.9 Å². The van der Waals surface area contributed by atoms with Crippen LogP contribution in [0.15, 0.2) is 30.6 Å². The minimum absolute atomic E-state index is 0.177. The Hall–Kier alpha value is -3.60. The summed E-state index contributed by atoms with van der Waals surface area (Å²) in [5, 5.41) is 8.47. The smallest absolute Gasteiger partial charge is 0.282 e. The first-order valence-electron chi connectivity index (χ1n) is 10.1. The lowest BCUT2D eigenvalue weighted by Gasteiger charge is -2.39.